The van der Waals surface area contributed by atoms with Crippen LogP contribution in [0.4, 0.5) is 5.69 Å². The van der Waals surface area contributed by atoms with Crippen molar-refractivity contribution in [2.24, 2.45) is 0 Å². The van der Waals surface area contributed by atoms with E-state index in [1.807, 2.05) is 48.5 Å². The average Bonchev–Trinajstić information content (AvgIpc) is 2.94. The molecular weight excluding hydrogens is 336 g/mol. The lowest BCUT2D eigenvalue weighted by Gasteiger charge is -2.11. The van der Waals surface area contributed by atoms with Gasteiger partial charge in [0.15, 0.2) is 5.78 Å². The Hall–Kier alpha value is -2.85. The highest BCUT2D eigenvalue weighted by Gasteiger charge is 2.29. The van der Waals surface area contributed by atoms with Gasteiger partial charge >= 0.3 is 0 Å². The van der Waals surface area contributed by atoms with Crippen LogP contribution < -0.4 is 10.1 Å². The first-order valence-electron chi connectivity index (χ1n) is 7.88. The van der Waals surface area contributed by atoms with Gasteiger partial charge in [-0.1, -0.05) is 41.9 Å². The number of methoxy groups -OCH3 is 1. The number of carbonyl (C=O) groups excluding carboxylic acids is 1. The molecule has 0 spiro atoms. The fourth-order valence-corrected chi connectivity index (χ4v) is 3.36. The summed E-state index contributed by atoms with van der Waals surface area (Å²) in [4.78, 5) is 17.1. The first kappa shape index (κ1) is 15.7. The predicted octanol–water partition coefficient (Wildman–Crippen LogP) is 4.57. The molecule has 1 aromatic heterocycles. The number of fused-ring (bicyclic) bond motifs is 3. The van der Waals surface area contributed by atoms with Crippen molar-refractivity contribution in [2.45, 2.75) is 6.54 Å². The summed E-state index contributed by atoms with van der Waals surface area (Å²) in [6, 6.07) is 15.0. The first-order chi connectivity index (χ1) is 12.2. The van der Waals surface area contributed by atoms with Crippen LogP contribution in [0.1, 0.15) is 21.5 Å². The highest BCUT2D eigenvalue weighted by Crippen LogP contribution is 2.38. The lowest BCUT2D eigenvalue weighted by molar-refractivity contribution is 0.104. The van der Waals surface area contributed by atoms with Crippen LogP contribution in [0.15, 0.2) is 54.7 Å². The van der Waals surface area contributed by atoms with Crippen LogP contribution in [0, 0.1) is 0 Å². The molecule has 0 bridgehead atoms. The van der Waals surface area contributed by atoms with Gasteiger partial charge in [0.05, 0.1) is 23.4 Å². The SMILES string of the molecule is COc1ccc(CNc2ccnc3c2C(=O)c2ccccc2-3)cc1Cl. The first-order valence-corrected chi connectivity index (χ1v) is 8.26. The summed E-state index contributed by atoms with van der Waals surface area (Å²) >= 11 is 6.17. The second kappa shape index (κ2) is 6.22. The van der Waals surface area contributed by atoms with E-state index in [4.69, 9.17) is 16.3 Å². The summed E-state index contributed by atoms with van der Waals surface area (Å²) in [7, 11) is 1.59. The summed E-state index contributed by atoms with van der Waals surface area (Å²) in [6.45, 7) is 0.545. The van der Waals surface area contributed by atoms with Gasteiger partial charge in [0, 0.05) is 29.6 Å². The van der Waals surface area contributed by atoms with Gasteiger partial charge in [0.2, 0.25) is 0 Å². The van der Waals surface area contributed by atoms with Crippen molar-refractivity contribution < 1.29 is 9.53 Å². The lowest BCUT2D eigenvalue weighted by atomic mass is 10.1. The van der Waals surface area contributed by atoms with Crippen LogP contribution in [0.25, 0.3) is 11.3 Å². The molecule has 0 saturated carbocycles. The Morgan fingerprint density at radius 3 is 2.68 bits per heavy atom. The Bertz CT molecular complexity index is 985. The number of nitrogens with zero attached hydrogens (tertiary/aromatic N) is 1. The molecule has 3 aromatic rings. The zero-order valence-corrected chi connectivity index (χ0v) is 14.3. The number of ketones is 1. The van der Waals surface area contributed by atoms with Crippen molar-refractivity contribution in [3.8, 4) is 17.0 Å². The summed E-state index contributed by atoms with van der Waals surface area (Å²) in [5, 5.41) is 3.89. The molecule has 0 saturated heterocycles. The third-order valence-corrected chi connectivity index (χ3v) is 4.60. The van der Waals surface area contributed by atoms with E-state index in [0.29, 0.717) is 28.4 Å². The Morgan fingerprint density at radius 1 is 1.12 bits per heavy atom. The number of rotatable bonds is 4. The fourth-order valence-electron chi connectivity index (χ4n) is 3.08. The highest BCUT2D eigenvalue weighted by atomic mass is 35.5. The van der Waals surface area contributed by atoms with Crippen LogP contribution >= 0.6 is 11.6 Å². The Balaban J connectivity index is 1.64. The molecule has 0 atom stereocenters. The molecule has 0 unspecified atom stereocenters. The van der Waals surface area contributed by atoms with E-state index >= 15 is 0 Å². The molecule has 2 aromatic carbocycles. The maximum absolute atomic E-state index is 12.7. The maximum Gasteiger partial charge on any atom is 0.197 e. The Kier molecular flexibility index (Phi) is 3.90. The zero-order chi connectivity index (χ0) is 17.4. The van der Waals surface area contributed by atoms with Gasteiger partial charge in [-0.15, -0.1) is 0 Å². The number of anilines is 1. The molecule has 0 fully saturated rings. The van der Waals surface area contributed by atoms with Crippen molar-refractivity contribution in [3.05, 3.63) is 76.4 Å². The van der Waals surface area contributed by atoms with Crippen molar-refractivity contribution >= 4 is 23.1 Å². The maximum atomic E-state index is 12.7. The van der Waals surface area contributed by atoms with Crippen molar-refractivity contribution in [3.63, 3.8) is 0 Å². The minimum absolute atomic E-state index is 0.00830. The van der Waals surface area contributed by atoms with E-state index < -0.39 is 0 Å². The standard InChI is InChI=1S/C20H15ClN2O2/c1-25-17-7-6-12(10-15(17)21)11-23-16-8-9-22-19-13-4-2-3-5-14(13)20(24)18(16)19/h2-10H,11H2,1H3,(H,22,23). The van der Waals surface area contributed by atoms with E-state index in [2.05, 4.69) is 10.3 Å². The number of hydrogen-bond donors (Lipinski definition) is 1. The summed E-state index contributed by atoms with van der Waals surface area (Å²) in [6.07, 6.45) is 1.72. The molecule has 5 heteroatoms. The number of aromatic nitrogens is 1. The molecule has 1 N–H and O–H groups in total. The molecule has 1 aliphatic rings. The molecule has 0 radical (unpaired) electrons. The number of hydrogen-bond acceptors (Lipinski definition) is 4. The molecule has 25 heavy (non-hydrogen) atoms. The third-order valence-electron chi connectivity index (χ3n) is 4.30. The zero-order valence-electron chi connectivity index (χ0n) is 13.5. The number of carbonyl (C=O) groups is 1. The number of halogens is 1. The van der Waals surface area contributed by atoms with Crippen LogP contribution in [-0.2, 0) is 6.54 Å². The van der Waals surface area contributed by atoms with Crippen molar-refractivity contribution in [1.29, 1.82) is 0 Å². The van der Waals surface area contributed by atoms with E-state index in [1.165, 1.54) is 0 Å². The molecular formula is C20H15ClN2O2. The second-order valence-electron chi connectivity index (χ2n) is 5.78. The summed E-state index contributed by atoms with van der Waals surface area (Å²) in [5.74, 6) is 0.648. The average molecular weight is 351 g/mol. The van der Waals surface area contributed by atoms with Gasteiger partial charge in [-0.3, -0.25) is 9.78 Å². The Morgan fingerprint density at radius 2 is 1.92 bits per heavy atom. The number of nitrogens with one attached hydrogen (secondary N) is 1. The molecule has 124 valence electrons. The highest BCUT2D eigenvalue weighted by molar-refractivity contribution is 6.32. The monoisotopic (exact) mass is 350 g/mol. The molecule has 4 nitrogen and oxygen atoms in total. The topological polar surface area (TPSA) is 51.2 Å². The van der Waals surface area contributed by atoms with Crippen LogP contribution in [0.2, 0.25) is 5.02 Å². The fraction of sp³-hybridized carbons (Fsp3) is 0.100. The second-order valence-corrected chi connectivity index (χ2v) is 6.19. The molecule has 0 amide bonds. The van der Waals surface area contributed by atoms with Crippen molar-refractivity contribution in [2.75, 3.05) is 12.4 Å². The quantitative estimate of drug-likeness (QED) is 0.586. The normalized spacial score (nSPS) is 11.8. The molecule has 1 aliphatic carbocycles. The summed E-state index contributed by atoms with van der Waals surface area (Å²) < 4.78 is 5.17. The predicted molar refractivity (Wildman–Crippen MR) is 98.4 cm³/mol. The smallest absolute Gasteiger partial charge is 0.197 e. The van der Waals surface area contributed by atoms with Crippen LogP contribution in [-0.4, -0.2) is 17.9 Å². The number of pyridine rings is 1. The van der Waals surface area contributed by atoms with E-state index in [1.54, 1.807) is 13.3 Å². The summed E-state index contributed by atoms with van der Waals surface area (Å²) in [5.41, 5.74) is 4.73. The lowest BCUT2D eigenvalue weighted by Crippen LogP contribution is -2.06. The largest absolute Gasteiger partial charge is 0.495 e. The molecule has 1 heterocycles. The third kappa shape index (κ3) is 2.65. The minimum atomic E-state index is 0.00830. The Labute approximate surface area is 150 Å². The van der Waals surface area contributed by atoms with Gasteiger partial charge < -0.3 is 10.1 Å². The van der Waals surface area contributed by atoms with Gasteiger partial charge in [0.1, 0.15) is 5.75 Å². The number of benzene rings is 2. The van der Waals surface area contributed by atoms with Crippen LogP contribution in [0.5, 0.6) is 5.75 Å². The van der Waals surface area contributed by atoms with Gasteiger partial charge in [-0.2, -0.15) is 0 Å². The van der Waals surface area contributed by atoms with E-state index in [0.717, 1.165) is 22.5 Å². The number of ether oxygens (including phenoxy) is 1. The molecule has 4 rings (SSSR count). The molecule has 0 aliphatic heterocycles. The van der Waals surface area contributed by atoms with Gasteiger partial charge in [-0.05, 0) is 23.8 Å². The van der Waals surface area contributed by atoms with E-state index in [-0.39, 0.29) is 5.78 Å². The van der Waals surface area contributed by atoms with E-state index in [9.17, 15) is 4.79 Å². The van der Waals surface area contributed by atoms with Crippen molar-refractivity contribution in [1.82, 2.24) is 4.98 Å². The van der Waals surface area contributed by atoms with Gasteiger partial charge in [0.25, 0.3) is 0 Å². The van der Waals surface area contributed by atoms with Crippen LogP contribution in [0.3, 0.4) is 0 Å². The van der Waals surface area contributed by atoms with Gasteiger partial charge in [-0.25, -0.2) is 0 Å². The minimum Gasteiger partial charge on any atom is -0.495 e.